The Hall–Kier alpha value is -4.87. The molecule has 0 spiro atoms. The van der Waals surface area contributed by atoms with Crippen molar-refractivity contribution in [1.82, 2.24) is 9.97 Å². The predicted octanol–water partition coefficient (Wildman–Crippen LogP) is 6.52. The van der Waals surface area contributed by atoms with Crippen LogP contribution >= 0.6 is 0 Å². The van der Waals surface area contributed by atoms with E-state index in [4.69, 9.17) is 14.2 Å². The molecule has 1 fully saturated rings. The number of methoxy groups -OCH3 is 2. The molecule has 1 saturated heterocycles. The number of carbonyl (C=O) groups is 2. The fraction of sp³-hybridized carbons (Fsp3) is 0.290. The average Bonchev–Trinajstić information content (AvgIpc) is 3.00. The molecule has 1 aromatic heterocycles. The number of fused-ring (bicyclic) bond motifs is 1. The lowest BCUT2D eigenvalue weighted by molar-refractivity contribution is -0.137. The molecule has 9 nitrogen and oxygen atoms in total. The molecule has 12 heteroatoms. The van der Waals surface area contributed by atoms with Crippen molar-refractivity contribution < 1.29 is 37.0 Å². The number of anilines is 2. The number of ether oxygens (including phenoxy) is 3. The van der Waals surface area contributed by atoms with Gasteiger partial charge in [0.05, 0.1) is 30.7 Å². The fourth-order valence-electron chi connectivity index (χ4n) is 4.91. The molecule has 5 rings (SSSR count). The molecule has 1 aliphatic heterocycles. The van der Waals surface area contributed by atoms with Crippen molar-refractivity contribution >= 4 is 34.0 Å². The standard InChI is InChI=1S/C31H29F3N4O5/c1-18-10-12-38(13-11-18)25-9-6-20(14-23(25)31(32,33)34)37-29(40)28(39)19-4-7-21(8-5-19)43-30-22-15-26(41-2)27(42-3)16-24(22)35-17-36-30/h4-9,14-18H,10-13H2,1-3H3,(H,37,40). The fourth-order valence-corrected chi connectivity index (χ4v) is 4.91. The number of piperidine rings is 1. The van der Waals surface area contributed by atoms with Crippen LogP contribution in [-0.2, 0) is 11.0 Å². The molecule has 0 atom stereocenters. The topological polar surface area (TPSA) is 103 Å². The number of Topliss-reactive ketones (excluding diaryl/α,β-unsaturated/α-hetero) is 1. The van der Waals surface area contributed by atoms with Crippen molar-refractivity contribution in [2.24, 2.45) is 5.92 Å². The summed E-state index contributed by atoms with van der Waals surface area (Å²) in [5.74, 6) is -0.0304. The maximum atomic E-state index is 13.9. The van der Waals surface area contributed by atoms with Crippen molar-refractivity contribution in [2.75, 3.05) is 37.5 Å². The number of carbonyl (C=O) groups excluding carboxylic acids is 2. The maximum Gasteiger partial charge on any atom is 0.418 e. The van der Waals surface area contributed by atoms with Crippen molar-refractivity contribution in [3.63, 3.8) is 0 Å². The summed E-state index contributed by atoms with van der Waals surface area (Å²) in [4.78, 5) is 35.7. The van der Waals surface area contributed by atoms with Crippen LogP contribution in [0.3, 0.4) is 0 Å². The molecule has 2 heterocycles. The Morgan fingerprint density at radius 1 is 0.930 bits per heavy atom. The monoisotopic (exact) mass is 594 g/mol. The van der Waals surface area contributed by atoms with Crippen LogP contribution in [0, 0.1) is 5.92 Å². The van der Waals surface area contributed by atoms with E-state index in [-0.39, 0.29) is 22.8 Å². The highest BCUT2D eigenvalue weighted by atomic mass is 19.4. The number of aromatic nitrogens is 2. The molecule has 0 radical (unpaired) electrons. The summed E-state index contributed by atoms with van der Waals surface area (Å²) >= 11 is 0. The third-order valence-corrected chi connectivity index (χ3v) is 7.33. The van der Waals surface area contributed by atoms with Crippen molar-refractivity contribution in [2.45, 2.75) is 25.9 Å². The van der Waals surface area contributed by atoms with Gasteiger partial charge in [0.15, 0.2) is 11.5 Å². The van der Waals surface area contributed by atoms with Crippen LogP contribution < -0.4 is 24.4 Å². The number of amides is 1. The van der Waals surface area contributed by atoms with Gasteiger partial charge < -0.3 is 24.4 Å². The number of ketones is 1. The van der Waals surface area contributed by atoms with E-state index in [0.29, 0.717) is 47.2 Å². The van der Waals surface area contributed by atoms with Crippen molar-refractivity contribution in [1.29, 1.82) is 0 Å². The highest BCUT2D eigenvalue weighted by molar-refractivity contribution is 6.46. The summed E-state index contributed by atoms with van der Waals surface area (Å²) in [6.07, 6.45) is -1.71. The van der Waals surface area contributed by atoms with Gasteiger partial charge in [0.25, 0.3) is 11.7 Å². The Morgan fingerprint density at radius 2 is 1.60 bits per heavy atom. The zero-order valence-electron chi connectivity index (χ0n) is 23.7. The number of halogens is 3. The molecule has 0 bridgehead atoms. The van der Waals surface area contributed by atoms with Gasteiger partial charge >= 0.3 is 6.18 Å². The third-order valence-electron chi connectivity index (χ3n) is 7.33. The average molecular weight is 595 g/mol. The van der Waals surface area contributed by atoms with E-state index in [1.807, 2.05) is 0 Å². The zero-order valence-corrected chi connectivity index (χ0v) is 23.7. The first-order valence-electron chi connectivity index (χ1n) is 13.5. The Labute approximate surface area is 245 Å². The first kappa shape index (κ1) is 29.6. The van der Waals surface area contributed by atoms with Crippen LogP contribution in [-0.4, -0.2) is 49.0 Å². The summed E-state index contributed by atoms with van der Waals surface area (Å²) in [7, 11) is 3.01. The van der Waals surface area contributed by atoms with Crippen LogP contribution in [0.15, 0.2) is 60.9 Å². The minimum Gasteiger partial charge on any atom is -0.493 e. The Kier molecular flexibility index (Phi) is 8.38. The van der Waals surface area contributed by atoms with Crippen molar-refractivity contribution in [3.8, 4) is 23.1 Å². The smallest absolute Gasteiger partial charge is 0.418 e. The molecule has 1 aliphatic rings. The van der Waals surface area contributed by atoms with Crippen LogP contribution in [0.1, 0.15) is 35.7 Å². The molecule has 43 heavy (non-hydrogen) atoms. The molecule has 4 aromatic rings. The number of benzene rings is 3. The molecule has 3 aromatic carbocycles. The second-order valence-electron chi connectivity index (χ2n) is 10.2. The second kappa shape index (κ2) is 12.2. The SMILES string of the molecule is COc1cc2ncnc(Oc3ccc(C(=O)C(=O)Nc4ccc(N5CCC(C)CC5)c(C(F)(F)F)c4)cc3)c2cc1OC. The lowest BCUT2D eigenvalue weighted by Gasteiger charge is -2.34. The van der Waals surface area contributed by atoms with Crippen LogP contribution in [0.4, 0.5) is 24.5 Å². The molecule has 0 saturated carbocycles. The Bertz CT molecular complexity index is 1650. The largest absolute Gasteiger partial charge is 0.493 e. The number of rotatable bonds is 8. The number of nitrogens with zero attached hydrogens (tertiary/aromatic N) is 3. The lowest BCUT2D eigenvalue weighted by Crippen LogP contribution is -2.34. The Balaban J connectivity index is 1.30. The highest BCUT2D eigenvalue weighted by Crippen LogP contribution is 2.40. The molecular formula is C31H29F3N4O5. The minimum absolute atomic E-state index is 0.0268. The number of hydrogen-bond donors (Lipinski definition) is 1. The zero-order chi connectivity index (χ0) is 30.7. The molecule has 1 amide bonds. The lowest BCUT2D eigenvalue weighted by atomic mass is 9.98. The third kappa shape index (κ3) is 6.47. The quantitative estimate of drug-likeness (QED) is 0.182. The summed E-state index contributed by atoms with van der Waals surface area (Å²) < 4.78 is 58.4. The summed E-state index contributed by atoms with van der Waals surface area (Å²) in [5, 5.41) is 2.86. The second-order valence-corrected chi connectivity index (χ2v) is 10.2. The first-order chi connectivity index (χ1) is 20.6. The van der Waals surface area contributed by atoms with E-state index in [0.717, 1.165) is 18.9 Å². The number of alkyl halides is 3. The van der Waals surface area contributed by atoms with Gasteiger partial charge in [0.2, 0.25) is 5.88 Å². The van der Waals surface area contributed by atoms with Gasteiger partial charge in [-0.25, -0.2) is 9.97 Å². The van der Waals surface area contributed by atoms with Crippen molar-refractivity contribution in [3.05, 3.63) is 72.1 Å². The molecule has 0 unspecified atom stereocenters. The highest BCUT2D eigenvalue weighted by Gasteiger charge is 2.36. The molecule has 224 valence electrons. The van der Waals surface area contributed by atoms with E-state index in [2.05, 4.69) is 22.2 Å². The maximum absolute atomic E-state index is 13.9. The summed E-state index contributed by atoms with van der Waals surface area (Å²) in [6, 6.07) is 12.7. The van der Waals surface area contributed by atoms with Crippen LogP contribution in [0.2, 0.25) is 0 Å². The van der Waals surface area contributed by atoms with Crippen LogP contribution in [0.5, 0.6) is 23.1 Å². The number of nitrogens with one attached hydrogen (secondary N) is 1. The first-order valence-corrected chi connectivity index (χ1v) is 13.5. The van der Waals surface area contributed by atoms with E-state index in [1.165, 1.54) is 56.9 Å². The van der Waals surface area contributed by atoms with Gasteiger partial charge in [-0.15, -0.1) is 0 Å². The number of hydrogen-bond acceptors (Lipinski definition) is 8. The van der Waals surface area contributed by atoms with Gasteiger partial charge in [-0.2, -0.15) is 13.2 Å². The molecule has 0 aliphatic carbocycles. The van der Waals surface area contributed by atoms with E-state index in [9.17, 15) is 22.8 Å². The minimum atomic E-state index is -4.63. The summed E-state index contributed by atoms with van der Waals surface area (Å²) in [5.41, 5.74) is -0.338. The van der Waals surface area contributed by atoms with Gasteiger partial charge in [-0.05, 0) is 67.3 Å². The van der Waals surface area contributed by atoms with Crippen LogP contribution in [0.25, 0.3) is 10.9 Å². The van der Waals surface area contributed by atoms with E-state index in [1.54, 1.807) is 17.0 Å². The Morgan fingerprint density at radius 3 is 2.26 bits per heavy atom. The van der Waals surface area contributed by atoms with Gasteiger partial charge in [-0.1, -0.05) is 6.92 Å². The molecular weight excluding hydrogens is 565 g/mol. The predicted molar refractivity (Wildman–Crippen MR) is 154 cm³/mol. The van der Waals surface area contributed by atoms with Gasteiger partial charge in [0.1, 0.15) is 12.1 Å². The normalized spacial score (nSPS) is 14.0. The van der Waals surface area contributed by atoms with E-state index < -0.39 is 23.4 Å². The summed E-state index contributed by atoms with van der Waals surface area (Å²) in [6.45, 7) is 3.11. The molecule has 1 N–H and O–H groups in total. The van der Waals surface area contributed by atoms with E-state index >= 15 is 0 Å². The van der Waals surface area contributed by atoms with Gasteiger partial charge in [0, 0.05) is 36.1 Å². The van der Waals surface area contributed by atoms with Gasteiger partial charge in [-0.3, -0.25) is 9.59 Å².